The predicted molar refractivity (Wildman–Crippen MR) is 48.5 cm³/mol. The van der Waals surface area contributed by atoms with Gasteiger partial charge in [0.1, 0.15) is 0 Å². The summed E-state index contributed by atoms with van der Waals surface area (Å²) in [5.74, 6) is 0. The first kappa shape index (κ1) is 9.01. The maximum absolute atomic E-state index is 5.80. The summed E-state index contributed by atoms with van der Waals surface area (Å²) in [6, 6.07) is 1.81. The minimum Gasteiger partial charge on any atom is -0.328 e. The van der Waals surface area contributed by atoms with Gasteiger partial charge in [-0.05, 0) is 32.6 Å². The van der Waals surface area contributed by atoms with E-state index in [1.807, 2.05) is 0 Å². The van der Waals surface area contributed by atoms with Crippen LogP contribution in [0, 0.1) is 0 Å². The largest absolute Gasteiger partial charge is 0.328 e. The van der Waals surface area contributed by atoms with Crippen LogP contribution in [0.1, 0.15) is 39.5 Å². The van der Waals surface area contributed by atoms with Crippen molar-refractivity contribution in [3.63, 3.8) is 0 Å². The number of hydrogen-bond donors (Lipinski definition) is 2. The highest BCUT2D eigenvalue weighted by Gasteiger charge is 2.21. The van der Waals surface area contributed by atoms with Gasteiger partial charge in [0.2, 0.25) is 0 Å². The molecule has 0 saturated heterocycles. The monoisotopic (exact) mass is 156 g/mol. The molecule has 0 aliphatic heterocycles. The summed E-state index contributed by atoms with van der Waals surface area (Å²) in [7, 11) is 0. The molecular weight excluding hydrogens is 136 g/mol. The van der Waals surface area contributed by atoms with Gasteiger partial charge in [0.05, 0.1) is 0 Å². The highest BCUT2D eigenvalue weighted by atomic mass is 15.0. The van der Waals surface area contributed by atoms with E-state index < -0.39 is 0 Å². The van der Waals surface area contributed by atoms with Crippen LogP contribution in [0.15, 0.2) is 0 Å². The van der Waals surface area contributed by atoms with E-state index in [9.17, 15) is 0 Å². The summed E-state index contributed by atoms with van der Waals surface area (Å²) in [6.45, 7) is 4.45. The second kappa shape index (κ2) is 4.07. The minimum atomic E-state index is 0.455. The van der Waals surface area contributed by atoms with Gasteiger partial charge in [0.15, 0.2) is 0 Å². The highest BCUT2D eigenvalue weighted by Crippen LogP contribution is 2.17. The molecular formula is C9H20N2. The zero-order valence-corrected chi connectivity index (χ0v) is 7.64. The third-order valence-corrected chi connectivity index (χ3v) is 2.61. The van der Waals surface area contributed by atoms with E-state index in [1.165, 1.54) is 25.7 Å². The molecule has 3 unspecified atom stereocenters. The van der Waals surface area contributed by atoms with Gasteiger partial charge in [0, 0.05) is 18.1 Å². The fraction of sp³-hybridized carbons (Fsp3) is 1.00. The van der Waals surface area contributed by atoms with Crippen molar-refractivity contribution in [2.24, 2.45) is 5.73 Å². The van der Waals surface area contributed by atoms with Crippen molar-refractivity contribution in [1.29, 1.82) is 0 Å². The molecule has 2 nitrogen and oxygen atoms in total. The summed E-state index contributed by atoms with van der Waals surface area (Å²) in [5, 5.41) is 3.58. The normalized spacial score (nSPS) is 34.1. The molecule has 0 aromatic rings. The van der Waals surface area contributed by atoms with Crippen LogP contribution in [-0.4, -0.2) is 18.1 Å². The van der Waals surface area contributed by atoms with Crippen molar-refractivity contribution in [2.45, 2.75) is 57.7 Å². The first-order valence-electron chi connectivity index (χ1n) is 4.74. The summed E-state index contributed by atoms with van der Waals surface area (Å²) in [4.78, 5) is 0. The summed E-state index contributed by atoms with van der Waals surface area (Å²) in [5.41, 5.74) is 5.80. The Morgan fingerprint density at radius 3 is 2.73 bits per heavy atom. The molecule has 0 radical (unpaired) electrons. The van der Waals surface area contributed by atoms with Crippen molar-refractivity contribution in [2.75, 3.05) is 0 Å². The smallest absolute Gasteiger partial charge is 0.00848 e. The van der Waals surface area contributed by atoms with Crippen LogP contribution in [0.4, 0.5) is 0 Å². The van der Waals surface area contributed by atoms with E-state index in [0.29, 0.717) is 18.1 Å². The zero-order chi connectivity index (χ0) is 8.27. The van der Waals surface area contributed by atoms with Crippen LogP contribution < -0.4 is 11.1 Å². The fourth-order valence-corrected chi connectivity index (χ4v) is 1.69. The van der Waals surface area contributed by atoms with Gasteiger partial charge in [-0.15, -0.1) is 0 Å². The summed E-state index contributed by atoms with van der Waals surface area (Å²) >= 11 is 0. The Balaban J connectivity index is 2.17. The van der Waals surface area contributed by atoms with Crippen molar-refractivity contribution in [3.8, 4) is 0 Å². The molecule has 1 saturated carbocycles. The number of nitrogens with two attached hydrogens (primary N) is 1. The maximum Gasteiger partial charge on any atom is 0.00848 e. The number of hydrogen-bond acceptors (Lipinski definition) is 2. The highest BCUT2D eigenvalue weighted by molar-refractivity contribution is 4.83. The number of rotatable bonds is 3. The second-order valence-corrected chi connectivity index (χ2v) is 3.75. The van der Waals surface area contributed by atoms with Gasteiger partial charge < -0.3 is 11.1 Å². The first-order valence-corrected chi connectivity index (χ1v) is 4.74. The quantitative estimate of drug-likeness (QED) is 0.645. The van der Waals surface area contributed by atoms with Crippen molar-refractivity contribution in [1.82, 2.24) is 5.32 Å². The molecule has 0 aromatic carbocycles. The standard InChI is InChI=1S/C9H20N2/c1-3-7(2)11-9-5-4-8(10)6-9/h7-9,11H,3-6,10H2,1-2H3. The van der Waals surface area contributed by atoms with E-state index in [-0.39, 0.29) is 0 Å². The Kier molecular flexibility index (Phi) is 3.34. The molecule has 1 rings (SSSR count). The number of nitrogens with one attached hydrogen (secondary N) is 1. The molecule has 0 bridgehead atoms. The molecule has 1 aliphatic rings. The molecule has 0 aromatic heterocycles. The van der Waals surface area contributed by atoms with Crippen LogP contribution >= 0.6 is 0 Å². The van der Waals surface area contributed by atoms with Crippen molar-refractivity contribution >= 4 is 0 Å². The predicted octanol–water partition coefficient (Wildman–Crippen LogP) is 1.25. The lowest BCUT2D eigenvalue weighted by atomic mass is 10.2. The lowest BCUT2D eigenvalue weighted by Crippen LogP contribution is -2.35. The second-order valence-electron chi connectivity index (χ2n) is 3.75. The third-order valence-electron chi connectivity index (χ3n) is 2.61. The molecule has 0 heterocycles. The van der Waals surface area contributed by atoms with Crippen LogP contribution in [0.3, 0.4) is 0 Å². The van der Waals surface area contributed by atoms with Crippen LogP contribution in [0.5, 0.6) is 0 Å². The van der Waals surface area contributed by atoms with Gasteiger partial charge in [0.25, 0.3) is 0 Å². The molecule has 1 aliphatic carbocycles. The van der Waals surface area contributed by atoms with Crippen LogP contribution in [0.2, 0.25) is 0 Å². The molecule has 2 heteroatoms. The van der Waals surface area contributed by atoms with E-state index in [4.69, 9.17) is 5.73 Å². The summed E-state index contributed by atoms with van der Waals surface area (Å²) < 4.78 is 0. The Bertz CT molecular complexity index is 114. The molecule has 3 N–H and O–H groups in total. The minimum absolute atomic E-state index is 0.455. The topological polar surface area (TPSA) is 38.0 Å². The van der Waals surface area contributed by atoms with Gasteiger partial charge in [-0.25, -0.2) is 0 Å². The van der Waals surface area contributed by atoms with Gasteiger partial charge in [-0.3, -0.25) is 0 Å². The molecule has 3 atom stereocenters. The van der Waals surface area contributed by atoms with E-state index in [2.05, 4.69) is 19.2 Å². The zero-order valence-electron chi connectivity index (χ0n) is 7.64. The Hall–Kier alpha value is -0.0800. The van der Waals surface area contributed by atoms with E-state index in [1.54, 1.807) is 0 Å². The SMILES string of the molecule is CCC(C)NC1CCC(N)C1. The average molecular weight is 156 g/mol. The van der Waals surface area contributed by atoms with Crippen molar-refractivity contribution in [3.05, 3.63) is 0 Å². The van der Waals surface area contributed by atoms with Crippen LogP contribution in [0.25, 0.3) is 0 Å². The van der Waals surface area contributed by atoms with Crippen molar-refractivity contribution < 1.29 is 0 Å². The van der Waals surface area contributed by atoms with E-state index >= 15 is 0 Å². The average Bonchev–Trinajstić information content (AvgIpc) is 2.35. The molecule has 1 fully saturated rings. The Morgan fingerprint density at radius 1 is 1.55 bits per heavy atom. The molecule has 0 amide bonds. The molecule has 66 valence electrons. The summed E-state index contributed by atoms with van der Waals surface area (Å²) in [6.07, 6.45) is 4.86. The first-order chi connectivity index (χ1) is 5.22. The maximum atomic E-state index is 5.80. The molecule has 11 heavy (non-hydrogen) atoms. The Morgan fingerprint density at radius 2 is 2.27 bits per heavy atom. The third kappa shape index (κ3) is 2.80. The Labute approximate surface area is 69.5 Å². The molecule has 0 spiro atoms. The van der Waals surface area contributed by atoms with E-state index in [0.717, 1.165) is 0 Å². The van der Waals surface area contributed by atoms with Gasteiger partial charge >= 0.3 is 0 Å². The van der Waals surface area contributed by atoms with Gasteiger partial charge in [-0.2, -0.15) is 0 Å². The lowest BCUT2D eigenvalue weighted by molar-refractivity contribution is 0.438. The fourth-order valence-electron chi connectivity index (χ4n) is 1.69. The van der Waals surface area contributed by atoms with Crippen LogP contribution in [-0.2, 0) is 0 Å². The lowest BCUT2D eigenvalue weighted by Gasteiger charge is -2.17. The van der Waals surface area contributed by atoms with Gasteiger partial charge in [-0.1, -0.05) is 6.92 Å².